The Bertz CT molecular complexity index is 769. The zero-order chi connectivity index (χ0) is 16.9. The van der Waals surface area contributed by atoms with Crippen molar-refractivity contribution >= 4 is 5.91 Å². The van der Waals surface area contributed by atoms with Crippen molar-refractivity contribution in [2.45, 2.75) is 25.4 Å². The van der Waals surface area contributed by atoms with Crippen molar-refractivity contribution in [2.24, 2.45) is 5.92 Å². The van der Waals surface area contributed by atoms with Crippen LogP contribution < -0.4 is 16.3 Å². The van der Waals surface area contributed by atoms with E-state index < -0.39 is 5.69 Å². The summed E-state index contributed by atoms with van der Waals surface area (Å²) >= 11 is 0. The van der Waals surface area contributed by atoms with Crippen molar-refractivity contribution in [3.05, 3.63) is 64.1 Å². The zero-order valence-electron chi connectivity index (χ0n) is 13.1. The number of piperidine rings is 1. The largest absolute Gasteiger partial charge is 0.345 e. The summed E-state index contributed by atoms with van der Waals surface area (Å²) in [6, 6.07) is 8.12. The van der Waals surface area contributed by atoms with Gasteiger partial charge in [-0.2, -0.15) is 0 Å². The van der Waals surface area contributed by atoms with Gasteiger partial charge < -0.3 is 10.3 Å². The van der Waals surface area contributed by atoms with E-state index in [0.717, 1.165) is 31.4 Å². The number of halogens is 1. The summed E-state index contributed by atoms with van der Waals surface area (Å²) in [6.07, 6.45) is 3.68. The Labute approximate surface area is 138 Å². The smallest absolute Gasteiger partial charge is 0.335 e. The number of amides is 1. The molecule has 1 aliphatic rings. The highest BCUT2D eigenvalue weighted by Gasteiger charge is 2.22. The monoisotopic (exact) mass is 330 g/mol. The van der Waals surface area contributed by atoms with Gasteiger partial charge >= 0.3 is 5.69 Å². The van der Waals surface area contributed by atoms with Crippen LogP contribution in [0.3, 0.4) is 0 Å². The summed E-state index contributed by atoms with van der Waals surface area (Å²) in [5.74, 6) is -0.149. The fourth-order valence-corrected chi connectivity index (χ4v) is 2.95. The number of aromatic amines is 1. The Morgan fingerprint density at radius 2 is 2.21 bits per heavy atom. The maximum absolute atomic E-state index is 13.2. The molecule has 0 saturated carbocycles. The van der Waals surface area contributed by atoms with Gasteiger partial charge in [0.15, 0.2) is 0 Å². The minimum absolute atomic E-state index is 0.141. The molecule has 1 aromatic carbocycles. The van der Waals surface area contributed by atoms with Crippen LogP contribution in [0.15, 0.2) is 41.3 Å². The Balaban J connectivity index is 1.50. The molecule has 1 fully saturated rings. The van der Waals surface area contributed by atoms with Crippen LogP contribution in [0.25, 0.3) is 0 Å². The highest BCUT2D eigenvalue weighted by molar-refractivity contribution is 5.92. The first-order valence-corrected chi connectivity index (χ1v) is 7.94. The molecular weight excluding hydrogens is 311 g/mol. The molecule has 6 nitrogen and oxygen atoms in total. The maximum atomic E-state index is 13.2. The molecule has 1 aliphatic heterocycles. The summed E-state index contributed by atoms with van der Waals surface area (Å²) in [6.45, 7) is 0.744. The SMILES string of the molecule is O=C(NC1CCC(Cc2cccc(F)c2)CN1)c1ccnc(=O)[nH]1. The van der Waals surface area contributed by atoms with Crippen LogP contribution in [0.2, 0.25) is 0 Å². The molecule has 2 aromatic rings. The van der Waals surface area contributed by atoms with Crippen molar-refractivity contribution in [3.63, 3.8) is 0 Å². The highest BCUT2D eigenvalue weighted by Crippen LogP contribution is 2.19. The van der Waals surface area contributed by atoms with E-state index in [-0.39, 0.29) is 23.6 Å². The maximum Gasteiger partial charge on any atom is 0.345 e. The molecule has 3 N–H and O–H groups in total. The van der Waals surface area contributed by atoms with Crippen molar-refractivity contribution < 1.29 is 9.18 Å². The number of hydrogen-bond acceptors (Lipinski definition) is 4. The van der Waals surface area contributed by atoms with E-state index in [0.29, 0.717) is 5.92 Å². The Morgan fingerprint density at radius 3 is 2.92 bits per heavy atom. The van der Waals surface area contributed by atoms with E-state index in [1.54, 1.807) is 12.1 Å². The summed E-state index contributed by atoms with van der Waals surface area (Å²) < 4.78 is 13.2. The minimum Gasteiger partial charge on any atom is -0.335 e. The van der Waals surface area contributed by atoms with Gasteiger partial charge in [0.1, 0.15) is 11.5 Å². The third kappa shape index (κ3) is 4.26. The molecular formula is C17H19FN4O2. The molecule has 2 unspecified atom stereocenters. The van der Waals surface area contributed by atoms with Crippen LogP contribution in [0.5, 0.6) is 0 Å². The highest BCUT2D eigenvalue weighted by atomic mass is 19.1. The molecule has 0 radical (unpaired) electrons. The lowest BCUT2D eigenvalue weighted by Gasteiger charge is -2.30. The molecule has 1 aromatic heterocycles. The second-order valence-electron chi connectivity index (χ2n) is 6.00. The van der Waals surface area contributed by atoms with E-state index in [4.69, 9.17) is 0 Å². The number of carbonyl (C=O) groups is 1. The minimum atomic E-state index is -0.547. The summed E-state index contributed by atoms with van der Waals surface area (Å²) in [5, 5.41) is 6.13. The van der Waals surface area contributed by atoms with Crippen molar-refractivity contribution in [3.8, 4) is 0 Å². The quantitative estimate of drug-likeness (QED) is 0.786. The number of rotatable bonds is 4. The fraction of sp³-hybridized carbons (Fsp3) is 0.353. The number of nitrogens with zero attached hydrogens (tertiary/aromatic N) is 1. The van der Waals surface area contributed by atoms with Gasteiger partial charge in [-0.15, -0.1) is 0 Å². The number of aromatic nitrogens is 2. The average molecular weight is 330 g/mol. The Morgan fingerprint density at radius 1 is 1.33 bits per heavy atom. The molecule has 1 saturated heterocycles. The number of nitrogens with one attached hydrogen (secondary N) is 3. The lowest BCUT2D eigenvalue weighted by Crippen LogP contribution is -2.50. The van der Waals surface area contributed by atoms with Gasteiger partial charge in [0, 0.05) is 12.7 Å². The lowest BCUT2D eigenvalue weighted by molar-refractivity contribution is 0.0909. The molecule has 2 heterocycles. The number of benzene rings is 1. The number of carbonyl (C=O) groups excluding carboxylic acids is 1. The van der Waals surface area contributed by atoms with Gasteiger partial charge in [-0.05, 0) is 48.9 Å². The van der Waals surface area contributed by atoms with Crippen molar-refractivity contribution in [1.29, 1.82) is 0 Å². The van der Waals surface area contributed by atoms with Gasteiger partial charge in [0.2, 0.25) is 0 Å². The second kappa shape index (κ2) is 7.35. The molecule has 0 aliphatic carbocycles. The van der Waals surface area contributed by atoms with Crippen LogP contribution >= 0.6 is 0 Å². The Kier molecular flexibility index (Phi) is 5.00. The molecule has 7 heteroatoms. The standard InChI is InChI=1S/C17H19FN4O2/c18-13-3-1-2-11(9-13)8-12-4-5-15(20-10-12)22-16(23)14-6-7-19-17(24)21-14/h1-3,6-7,9,12,15,20H,4-5,8,10H2,(H,22,23)(H,19,21,24). The molecule has 2 atom stereocenters. The first-order chi connectivity index (χ1) is 11.6. The predicted molar refractivity (Wildman–Crippen MR) is 86.9 cm³/mol. The van der Waals surface area contributed by atoms with Crippen LogP contribution in [0.1, 0.15) is 28.9 Å². The second-order valence-corrected chi connectivity index (χ2v) is 6.00. The van der Waals surface area contributed by atoms with Gasteiger partial charge in [-0.1, -0.05) is 12.1 Å². The Hall–Kier alpha value is -2.54. The first-order valence-electron chi connectivity index (χ1n) is 7.94. The lowest BCUT2D eigenvalue weighted by atomic mass is 9.91. The zero-order valence-corrected chi connectivity index (χ0v) is 13.1. The van der Waals surface area contributed by atoms with E-state index in [1.165, 1.54) is 18.3 Å². The first kappa shape index (κ1) is 16.3. The number of H-pyrrole nitrogens is 1. The van der Waals surface area contributed by atoms with Crippen LogP contribution in [0, 0.1) is 11.7 Å². The van der Waals surface area contributed by atoms with Crippen molar-refractivity contribution in [1.82, 2.24) is 20.6 Å². The van der Waals surface area contributed by atoms with Crippen LogP contribution in [-0.4, -0.2) is 28.6 Å². The van der Waals surface area contributed by atoms with Gasteiger partial charge in [-0.3, -0.25) is 10.1 Å². The van der Waals surface area contributed by atoms with Gasteiger partial charge in [0.05, 0.1) is 6.17 Å². The molecule has 0 spiro atoms. The molecule has 0 bridgehead atoms. The topological polar surface area (TPSA) is 86.9 Å². The van der Waals surface area contributed by atoms with E-state index in [2.05, 4.69) is 20.6 Å². The average Bonchev–Trinajstić information content (AvgIpc) is 2.57. The number of hydrogen-bond donors (Lipinski definition) is 3. The van der Waals surface area contributed by atoms with E-state index in [1.807, 2.05) is 6.07 Å². The van der Waals surface area contributed by atoms with E-state index in [9.17, 15) is 14.0 Å². The molecule has 126 valence electrons. The van der Waals surface area contributed by atoms with Crippen LogP contribution in [-0.2, 0) is 6.42 Å². The molecule has 1 amide bonds. The molecule has 24 heavy (non-hydrogen) atoms. The van der Waals surface area contributed by atoms with Gasteiger partial charge in [-0.25, -0.2) is 14.2 Å². The van der Waals surface area contributed by atoms with Gasteiger partial charge in [0.25, 0.3) is 5.91 Å². The van der Waals surface area contributed by atoms with Crippen LogP contribution in [0.4, 0.5) is 4.39 Å². The molecule has 3 rings (SSSR count). The van der Waals surface area contributed by atoms with Crippen molar-refractivity contribution in [2.75, 3.05) is 6.54 Å². The fourth-order valence-electron chi connectivity index (χ4n) is 2.95. The van der Waals surface area contributed by atoms with E-state index >= 15 is 0 Å². The summed E-state index contributed by atoms with van der Waals surface area (Å²) in [5.41, 5.74) is 0.631. The third-order valence-electron chi connectivity index (χ3n) is 4.15. The third-order valence-corrected chi connectivity index (χ3v) is 4.15. The summed E-state index contributed by atoms with van der Waals surface area (Å²) in [7, 11) is 0. The normalized spacial score (nSPS) is 20.5. The summed E-state index contributed by atoms with van der Waals surface area (Å²) in [4.78, 5) is 29.1. The predicted octanol–water partition coefficient (Wildman–Crippen LogP) is 1.21.